The molecule has 1 unspecified atom stereocenters. The number of imidazole rings is 2. The van der Waals surface area contributed by atoms with E-state index in [0.717, 1.165) is 54.3 Å². The van der Waals surface area contributed by atoms with Crippen LogP contribution < -0.4 is 5.69 Å². The maximum atomic E-state index is 13.8. The third-order valence-electron chi connectivity index (χ3n) is 7.11. The molecule has 3 aromatic heterocycles. The first-order chi connectivity index (χ1) is 17.1. The van der Waals surface area contributed by atoms with Crippen molar-refractivity contribution >= 4 is 11.2 Å². The Morgan fingerprint density at radius 3 is 2.57 bits per heavy atom. The summed E-state index contributed by atoms with van der Waals surface area (Å²) in [6, 6.07) is 20.5. The molecule has 1 fully saturated rings. The smallest absolute Gasteiger partial charge is 0.335 e. The van der Waals surface area contributed by atoms with E-state index in [4.69, 9.17) is 0 Å². The van der Waals surface area contributed by atoms with E-state index in [9.17, 15) is 4.79 Å². The quantitative estimate of drug-likeness (QED) is 0.388. The van der Waals surface area contributed by atoms with Gasteiger partial charge in [0.1, 0.15) is 5.82 Å². The molecule has 4 heterocycles. The minimum atomic E-state index is -0.0359. The molecular weight excluding hydrogens is 436 g/mol. The Bertz CT molecular complexity index is 1560. The molecule has 0 saturated carbocycles. The van der Waals surface area contributed by atoms with Crippen LogP contribution in [0.1, 0.15) is 23.9 Å². The second kappa shape index (κ2) is 8.67. The highest BCUT2D eigenvalue weighted by atomic mass is 16.2. The summed E-state index contributed by atoms with van der Waals surface area (Å²) in [7, 11) is 2.02. The topological polar surface area (TPSA) is 60.9 Å². The number of aromatic nitrogens is 5. The maximum absolute atomic E-state index is 13.8. The van der Waals surface area contributed by atoms with Crippen LogP contribution in [-0.2, 0) is 13.6 Å². The summed E-state index contributed by atoms with van der Waals surface area (Å²) >= 11 is 0. The van der Waals surface area contributed by atoms with Crippen molar-refractivity contribution in [1.29, 1.82) is 0 Å². The molecule has 2 aromatic carbocycles. The van der Waals surface area contributed by atoms with Crippen LogP contribution in [0.5, 0.6) is 0 Å². The fraction of sp³-hybridized carbons (Fsp3) is 0.250. The number of aryl methyl sites for hydroxylation is 2. The van der Waals surface area contributed by atoms with Gasteiger partial charge in [0, 0.05) is 38.7 Å². The Kier molecular flexibility index (Phi) is 5.34. The Labute approximate surface area is 203 Å². The monoisotopic (exact) mass is 464 g/mol. The fourth-order valence-corrected chi connectivity index (χ4v) is 5.23. The molecule has 0 spiro atoms. The second-order valence-electron chi connectivity index (χ2n) is 9.33. The first kappa shape index (κ1) is 21.6. The summed E-state index contributed by atoms with van der Waals surface area (Å²) in [6.45, 7) is 4.62. The van der Waals surface area contributed by atoms with Crippen LogP contribution in [0.3, 0.4) is 0 Å². The lowest BCUT2D eigenvalue weighted by molar-refractivity contribution is 0.304. The van der Waals surface area contributed by atoms with Crippen molar-refractivity contribution in [2.24, 2.45) is 7.05 Å². The van der Waals surface area contributed by atoms with Gasteiger partial charge in [-0.05, 0) is 54.3 Å². The van der Waals surface area contributed by atoms with E-state index in [1.54, 1.807) is 10.8 Å². The minimum Gasteiger partial charge on any atom is -0.337 e. The summed E-state index contributed by atoms with van der Waals surface area (Å²) in [5.74, 6) is 1.03. The number of fused-ring (bicyclic) bond motifs is 1. The summed E-state index contributed by atoms with van der Waals surface area (Å²) in [5, 5.41) is 0. The van der Waals surface area contributed by atoms with Crippen LogP contribution in [0.15, 0.2) is 84.0 Å². The Balaban J connectivity index is 1.35. The normalized spacial score (nSPS) is 16.3. The zero-order valence-electron chi connectivity index (χ0n) is 20.0. The van der Waals surface area contributed by atoms with Gasteiger partial charge >= 0.3 is 5.69 Å². The van der Waals surface area contributed by atoms with Crippen LogP contribution >= 0.6 is 0 Å². The second-order valence-corrected chi connectivity index (χ2v) is 9.33. The van der Waals surface area contributed by atoms with Crippen LogP contribution in [0.4, 0.5) is 0 Å². The van der Waals surface area contributed by atoms with Gasteiger partial charge in [-0.1, -0.05) is 36.4 Å². The van der Waals surface area contributed by atoms with Gasteiger partial charge < -0.3 is 4.57 Å². The van der Waals surface area contributed by atoms with Crippen molar-refractivity contribution in [3.63, 3.8) is 0 Å². The average Bonchev–Trinajstić information content (AvgIpc) is 3.57. The van der Waals surface area contributed by atoms with Crippen LogP contribution in [0.2, 0.25) is 0 Å². The van der Waals surface area contributed by atoms with Gasteiger partial charge in [0.15, 0.2) is 5.65 Å². The lowest BCUT2D eigenvalue weighted by atomic mass is 10.0. The number of benzene rings is 2. The van der Waals surface area contributed by atoms with Gasteiger partial charge in [-0.2, -0.15) is 0 Å². The highest BCUT2D eigenvalue weighted by Crippen LogP contribution is 2.28. The molecule has 6 rings (SSSR count). The maximum Gasteiger partial charge on any atom is 0.335 e. The lowest BCUT2D eigenvalue weighted by Gasteiger charge is -2.16. The molecule has 7 heteroatoms. The molecule has 1 aliphatic heterocycles. The molecule has 0 amide bonds. The Hall–Kier alpha value is -3.97. The molecule has 176 valence electrons. The van der Waals surface area contributed by atoms with E-state index < -0.39 is 0 Å². The highest BCUT2D eigenvalue weighted by Gasteiger charge is 2.29. The molecule has 0 N–H and O–H groups in total. The molecular formula is C28H28N6O. The SMILES string of the molecule is Cc1ccccc1-c1ccc(-n2c(=O)n(C3CCN(Cc4nccn4C)C3)c3ncccc32)cc1. The van der Waals surface area contributed by atoms with E-state index >= 15 is 0 Å². The van der Waals surface area contributed by atoms with Gasteiger partial charge in [-0.15, -0.1) is 0 Å². The van der Waals surface area contributed by atoms with Gasteiger partial charge in [0.25, 0.3) is 0 Å². The zero-order chi connectivity index (χ0) is 23.9. The van der Waals surface area contributed by atoms with Gasteiger partial charge in [0.2, 0.25) is 0 Å². The third-order valence-corrected chi connectivity index (χ3v) is 7.11. The first-order valence-electron chi connectivity index (χ1n) is 12.0. The largest absolute Gasteiger partial charge is 0.337 e. The van der Waals surface area contributed by atoms with Crippen molar-refractivity contribution in [1.82, 2.24) is 28.6 Å². The highest BCUT2D eigenvalue weighted by molar-refractivity contribution is 5.75. The van der Waals surface area contributed by atoms with Crippen LogP contribution in [0.25, 0.3) is 28.0 Å². The molecule has 1 aliphatic rings. The van der Waals surface area contributed by atoms with Crippen molar-refractivity contribution in [3.8, 4) is 16.8 Å². The predicted octanol–water partition coefficient (Wildman–Crippen LogP) is 4.34. The molecule has 7 nitrogen and oxygen atoms in total. The number of hydrogen-bond acceptors (Lipinski definition) is 4. The molecule has 0 aliphatic carbocycles. The van der Waals surface area contributed by atoms with E-state index in [1.165, 1.54) is 11.1 Å². The number of pyridine rings is 1. The molecule has 5 aromatic rings. The van der Waals surface area contributed by atoms with Crippen molar-refractivity contribution in [2.75, 3.05) is 13.1 Å². The number of rotatable bonds is 5. The third kappa shape index (κ3) is 3.78. The minimum absolute atomic E-state index is 0.0359. The number of hydrogen-bond donors (Lipinski definition) is 0. The Morgan fingerprint density at radius 2 is 1.80 bits per heavy atom. The Morgan fingerprint density at radius 1 is 0.971 bits per heavy atom. The van der Waals surface area contributed by atoms with Gasteiger partial charge in [-0.3, -0.25) is 14.0 Å². The summed E-state index contributed by atoms with van der Waals surface area (Å²) in [6.07, 6.45) is 6.47. The first-order valence-corrected chi connectivity index (χ1v) is 12.0. The van der Waals surface area contributed by atoms with Gasteiger partial charge in [0.05, 0.1) is 23.8 Å². The van der Waals surface area contributed by atoms with Crippen LogP contribution in [-0.4, -0.2) is 41.7 Å². The lowest BCUT2D eigenvalue weighted by Crippen LogP contribution is -2.29. The van der Waals surface area contributed by atoms with E-state index in [1.807, 2.05) is 52.8 Å². The van der Waals surface area contributed by atoms with Crippen molar-refractivity contribution in [2.45, 2.75) is 25.9 Å². The molecule has 35 heavy (non-hydrogen) atoms. The van der Waals surface area contributed by atoms with Gasteiger partial charge in [-0.25, -0.2) is 14.8 Å². The van der Waals surface area contributed by atoms with Crippen LogP contribution in [0, 0.1) is 6.92 Å². The summed E-state index contributed by atoms with van der Waals surface area (Å²) < 4.78 is 5.74. The zero-order valence-corrected chi connectivity index (χ0v) is 20.0. The van der Waals surface area contributed by atoms with Crippen molar-refractivity contribution in [3.05, 3.63) is 101 Å². The molecule has 0 radical (unpaired) electrons. The average molecular weight is 465 g/mol. The number of likely N-dealkylation sites (tertiary alicyclic amines) is 1. The number of nitrogens with zero attached hydrogens (tertiary/aromatic N) is 6. The van der Waals surface area contributed by atoms with E-state index in [-0.39, 0.29) is 11.7 Å². The van der Waals surface area contributed by atoms with Crippen molar-refractivity contribution < 1.29 is 0 Å². The molecule has 1 atom stereocenters. The molecule has 0 bridgehead atoms. The predicted molar refractivity (Wildman–Crippen MR) is 138 cm³/mol. The summed E-state index contributed by atoms with van der Waals surface area (Å²) in [4.78, 5) is 25.3. The summed E-state index contributed by atoms with van der Waals surface area (Å²) in [5.41, 5.74) is 5.97. The molecule has 1 saturated heterocycles. The van der Waals surface area contributed by atoms with E-state index in [2.05, 4.69) is 58.2 Å². The fourth-order valence-electron chi connectivity index (χ4n) is 5.23. The van der Waals surface area contributed by atoms with E-state index in [0.29, 0.717) is 0 Å². The standard InChI is InChI=1S/C28H28N6O/c1-20-6-3-4-7-24(20)21-9-11-22(12-10-21)33-25-8-5-14-30-27(25)34(28(33)35)23-13-16-32(18-23)19-26-29-15-17-31(26)2/h3-12,14-15,17,23H,13,16,18-19H2,1-2H3.